The first-order chi connectivity index (χ1) is 11.4. The molecule has 2 rings (SSSR count). The van der Waals surface area contributed by atoms with Crippen LogP contribution in [0.2, 0.25) is 5.02 Å². The normalized spacial score (nSPS) is 10.8. The maximum atomic E-state index is 11.8. The van der Waals surface area contributed by atoms with Crippen LogP contribution in [0.4, 0.5) is 0 Å². The average Bonchev–Trinajstić information content (AvgIpc) is 2.49. The van der Waals surface area contributed by atoms with Crippen molar-refractivity contribution in [2.45, 2.75) is 13.8 Å². The lowest BCUT2D eigenvalue weighted by Gasteiger charge is -2.11. The Bertz CT molecular complexity index is 770. The van der Waals surface area contributed by atoms with E-state index in [1.165, 1.54) is 18.3 Å². The fraction of sp³-hybridized carbons (Fsp3) is 0.176. The molecule has 0 aliphatic carbocycles. The Hall–Kier alpha value is -2.05. The van der Waals surface area contributed by atoms with Gasteiger partial charge in [-0.25, -0.2) is 5.43 Å². The van der Waals surface area contributed by atoms with Crippen LogP contribution >= 0.6 is 27.5 Å². The van der Waals surface area contributed by atoms with Crippen LogP contribution in [0.3, 0.4) is 0 Å². The van der Waals surface area contributed by atoms with E-state index in [0.29, 0.717) is 16.3 Å². The molecule has 126 valence electrons. The van der Waals surface area contributed by atoms with Gasteiger partial charge < -0.3 is 9.84 Å². The summed E-state index contributed by atoms with van der Waals surface area (Å²) in [6, 6.07) is 8.38. The second-order valence-corrected chi connectivity index (χ2v) is 6.51. The van der Waals surface area contributed by atoms with Gasteiger partial charge in [-0.3, -0.25) is 4.79 Å². The molecular weight excluding hydrogens is 396 g/mol. The maximum Gasteiger partial charge on any atom is 0.277 e. The Morgan fingerprint density at radius 1 is 1.33 bits per heavy atom. The molecule has 0 saturated heterocycles. The third kappa shape index (κ3) is 4.97. The summed E-state index contributed by atoms with van der Waals surface area (Å²) in [6.07, 6.45) is 1.31. The average molecular weight is 412 g/mol. The summed E-state index contributed by atoms with van der Waals surface area (Å²) in [4.78, 5) is 11.8. The van der Waals surface area contributed by atoms with Crippen molar-refractivity contribution < 1.29 is 14.6 Å². The molecule has 0 radical (unpaired) electrons. The number of aromatic hydroxyl groups is 1. The molecule has 1 amide bonds. The predicted molar refractivity (Wildman–Crippen MR) is 98.0 cm³/mol. The van der Waals surface area contributed by atoms with E-state index < -0.39 is 5.91 Å². The van der Waals surface area contributed by atoms with Crippen molar-refractivity contribution in [3.05, 3.63) is 56.5 Å². The summed E-state index contributed by atoms with van der Waals surface area (Å²) in [5.41, 5.74) is 4.61. The molecule has 0 heterocycles. The highest BCUT2D eigenvalue weighted by Gasteiger charge is 2.08. The van der Waals surface area contributed by atoms with Gasteiger partial charge in [-0.2, -0.15) is 5.10 Å². The number of rotatable bonds is 5. The van der Waals surface area contributed by atoms with Crippen LogP contribution in [0.1, 0.15) is 16.7 Å². The zero-order chi connectivity index (χ0) is 17.7. The van der Waals surface area contributed by atoms with E-state index in [4.69, 9.17) is 16.3 Å². The fourth-order valence-electron chi connectivity index (χ4n) is 2.10. The topological polar surface area (TPSA) is 70.9 Å². The number of ether oxygens (including phenoxy) is 1. The third-order valence-corrected chi connectivity index (χ3v) is 3.85. The van der Waals surface area contributed by atoms with Crippen LogP contribution < -0.4 is 10.2 Å². The van der Waals surface area contributed by atoms with Crippen molar-refractivity contribution in [2.24, 2.45) is 5.10 Å². The van der Waals surface area contributed by atoms with Gasteiger partial charge in [0.25, 0.3) is 5.91 Å². The Morgan fingerprint density at radius 2 is 2.00 bits per heavy atom. The summed E-state index contributed by atoms with van der Waals surface area (Å²) in [5, 5.41) is 13.9. The molecule has 2 N–H and O–H groups in total. The van der Waals surface area contributed by atoms with Gasteiger partial charge >= 0.3 is 0 Å². The first-order valence-corrected chi connectivity index (χ1v) is 8.24. The Balaban J connectivity index is 1.92. The number of hydrazone groups is 1. The fourth-order valence-corrected chi connectivity index (χ4v) is 2.96. The van der Waals surface area contributed by atoms with E-state index in [-0.39, 0.29) is 12.4 Å². The number of nitrogens with zero attached hydrogens (tertiary/aromatic N) is 1. The summed E-state index contributed by atoms with van der Waals surface area (Å²) in [5.74, 6) is 0.286. The van der Waals surface area contributed by atoms with Crippen LogP contribution in [-0.4, -0.2) is 23.8 Å². The number of aryl methyl sites for hydroxylation is 2. The van der Waals surface area contributed by atoms with Crippen molar-refractivity contribution in [3.8, 4) is 11.5 Å². The van der Waals surface area contributed by atoms with E-state index in [2.05, 4.69) is 26.5 Å². The molecule has 0 saturated carbocycles. The van der Waals surface area contributed by atoms with Gasteiger partial charge in [0.2, 0.25) is 0 Å². The standard InChI is InChI=1S/C17H16BrClN2O3/c1-10-5-13(18)6-11(2)17(10)24-9-16(23)21-20-8-12-7-14(19)3-4-15(12)22/h3-8,22H,9H2,1-2H3,(H,21,23)/b20-8-. The van der Waals surface area contributed by atoms with Crippen molar-refractivity contribution >= 4 is 39.7 Å². The minimum absolute atomic E-state index is 0.0229. The van der Waals surface area contributed by atoms with Crippen molar-refractivity contribution in [3.63, 3.8) is 0 Å². The lowest BCUT2D eigenvalue weighted by Crippen LogP contribution is -2.25. The Kier molecular flexibility index (Phi) is 6.23. The highest BCUT2D eigenvalue weighted by molar-refractivity contribution is 9.10. The highest BCUT2D eigenvalue weighted by atomic mass is 79.9. The van der Waals surface area contributed by atoms with Gasteiger partial charge in [-0.05, 0) is 55.3 Å². The Morgan fingerprint density at radius 3 is 2.67 bits per heavy atom. The van der Waals surface area contributed by atoms with Crippen LogP contribution in [0.25, 0.3) is 0 Å². The minimum atomic E-state index is -0.408. The second kappa shape index (κ2) is 8.17. The van der Waals surface area contributed by atoms with Crippen LogP contribution in [-0.2, 0) is 4.79 Å². The molecule has 0 aliphatic rings. The molecule has 0 fully saturated rings. The van der Waals surface area contributed by atoms with Crippen LogP contribution in [0.5, 0.6) is 11.5 Å². The van der Waals surface area contributed by atoms with Crippen molar-refractivity contribution in [2.75, 3.05) is 6.61 Å². The smallest absolute Gasteiger partial charge is 0.277 e. The van der Waals surface area contributed by atoms with E-state index >= 15 is 0 Å². The predicted octanol–water partition coefficient (Wildman–Crippen LogP) is 3.95. The number of phenols is 1. The molecule has 2 aromatic carbocycles. The molecule has 7 heteroatoms. The first-order valence-electron chi connectivity index (χ1n) is 7.07. The maximum absolute atomic E-state index is 11.8. The van der Waals surface area contributed by atoms with Gasteiger partial charge in [0, 0.05) is 15.1 Å². The van der Waals surface area contributed by atoms with Crippen molar-refractivity contribution in [1.29, 1.82) is 0 Å². The van der Waals surface area contributed by atoms with E-state index in [1.807, 2.05) is 26.0 Å². The van der Waals surface area contributed by atoms with Crippen LogP contribution in [0, 0.1) is 13.8 Å². The van der Waals surface area contributed by atoms with Gasteiger partial charge in [-0.15, -0.1) is 0 Å². The van der Waals surface area contributed by atoms with Gasteiger partial charge in [0.1, 0.15) is 11.5 Å². The number of carbonyl (C=O) groups excluding carboxylic acids is 1. The summed E-state index contributed by atoms with van der Waals surface area (Å²) in [6.45, 7) is 3.65. The number of phenolic OH excluding ortho intramolecular Hbond substituents is 1. The summed E-state index contributed by atoms with van der Waals surface area (Å²) < 4.78 is 6.51. The number of halogens is 2. The van der Waals surface area contributed by atoms with Crippen molar-refractivity contribution in [1.82, 2.24) is 5.43 Å². The molecule has 0 spiro atoms. The zero-order valence-electron chi connectivity index (χ0n) is 13.1. The summed E-state index contributed by atoms with van der Waals surface area (Å²) >= 11 is 9.24. The minimum Gasteiger partial charge on any atom is -0.507 e. The molecule has 0 aliphatic heterocycles. The van der Waals surface area contributed by atoms with Crippen LogP contribution in [0.15, 0.2) is 39.9 Å². The molecule has 0 unspecified atom stereocenters. The van der Waals surface area contributed by atoms with Gasteiger partial charge in [0.15, 0.2) is 6.61 Å². The van der Waals surface area contributed by atoms with E-state index in [0.717, 1.165) is 15.6 Å². The largest absolute Gasteiger partial charge is 0.507 e. The summed E-state index contributed by atoms with van der Waals surface area (Å²) in [7, 11) is 0. The number of hydrogen-bond acceptors (Lipinski definition) is 4. The SMILES string of the molecule is Cc1cc(Br)cc(C)c1OCC(=O)N/N=C\c1cc(Cl)ccc1O. The quantitative estimate of drug-likeness (QED) is 0.578. The molecule has 5 nitrogen and oxygen atoms in total. The lowest BCUT2D eigenvalue weighted by molar-refractivity contribution is -0.123. The molecular formula is C17H16BrClN2O3. The number of hydrogen-bond donors (Lipinski definition) is 2. The van der Waals surface area contributed by atoms with Gasteiger partial charge in [0.05, 0.1) is 6.21 Å². The number of nitrogens with one attached hydrogen (secondary N) is 1. The first kappa shape index (κ1) is 18.3. The van der Waals surface area contributed by atoms with E-state index in [9.17, 15) is 9.90 Å². The van der Waals surface area contributed by atoms with E-state index in [1.54, 1.807) is 6.07 Å². The zero-order valence-corrected chi connectivity index (χ0v) is 15.5. The molecule has 0 atom stereocenters. The number of benzene rings is 2. The number of amides is 1. The lowest BCUT2D eigenvalue weighted by atomic mass is 10.1. The molecule has 2 aromatic rings. The highest BCUT2D eigenvalue weighted by Crippen LogP contribution is 2.27. The third-order valence-electron chi connectivity index (χ3n) is 3.16. The van der Waals surface area contributed by atoms with Gasteiger partial charge in [-0.1, -0.05) is 27.5 Å². The second-order valence-electron chi connectivity index (χ2n) is 5.15. The monoisotopic (exact) mass is 410 g/mol. The molecule has 24 heavy (non-hydrogen) atoms. The molecule has 0 bridgehead atoms. The Labute approximate surface area is 153 Å². The number of carbonyl (C=O) groups is 1. The molecule has 0 aromatic heterocycles.